The van der Waals surface area contributed by atoms with Gasteiger partial charge in [0.25, 0.3) is 5.91 Å². The standard InChI is InChI=1S/C34H36FN5O3/c1-38-12-4-7-23(38)8-11-36-34(42)25-18-40-28-15-21-5-2-3-6-22(21)16-29(28)43-33-30(26(35)17-24(31(33)40)32(25)41)37-27-19-39-13-9-20(27)10-14-39/h2-3,5-6,15-18,20,23,27,37H,4,7-14,19H2,1H3,(H,36,42). The number of pyridine rings is 1. The number of nitrogens with zero attached hydrogens (tertiary/aromatic N) is 3. The molecule has 5 aliphatic heterocycles. The Labute approximate surface area is 249 Å². The van der Waals surface area contributed by atoms with Gasteiger partial charge in [-0.3, -0.25) is 9.59 Å². The van der Waals surface area contributed by atoms with E-state index in [1.165, 1.54) is 6.07 Å². The fraction of sp³-hybridized carbons (Fsp3) is 0.412. The quantitative estimate of drug-likeness (QED) is 0.290. The summed E-state index contributed by atoms with van der Waals surface area (Å²) in [6, 6.07) is 13.7. The smallest absolute Gasteiger partial charge is 0.256 e. The summed E-state index contributed by atoms with van der Waals surface area (Å²) in [7, 11) is 2.11. The summed E-state index contributed by atoms with van der Waals surface area (Å²) in [5.41, 5.74) is 0.956. The molecule has 43 heavy (non-hydrogen) atoms. The van der Waals surface area contributed by atoms with Crippen molar-refractivity contribution in [2.24, 2.45) is 5.92 Å². The molecule has 0 aliphatic carbocycles. The highest BCUT2D eigenvalue weighted by Crippen LogP contribution is 2.47. The summed E-state index contributed by atoms with van der Waals surface area (Å²) < 4.78 is 24.4. The molecule has 4 aromatic rings. The van der Waals surface area contributed by atoms with Crippen LogP contribution in [0.25, 0.3) is 27.4 Å². The molecule has 1 amide bonds. The topological polar surface area (TPSA) is 78.8 Å². The normalized spacial score (nSPS) is 24.2. The number of rotatable bonds is 6. The van der Waals surface area contributed by atoms with Gasteiger partial charge < -0.3 is 29.7 Å². The third-order valence-electron chi connectivity index (χ3n) is 10.2. The molecule has 1 aromatic heterocycles. The first-order valence-corrected chi connectivity index (χ1v) is 15.5. The molecule has 8 nitrogen and oxygen atoms in total. The number of fused-ring (bicyclic) bond motifs is 6. The van der Waals surface area contributed by atoms with Crippen LogP contribution in [0.3, 0.4) is 0 Å². The Morgan fingerprint density at radius 1 is 1.07 bits per heavy atom. The summed E-state index contributed by atoms with van der Waals surface area (Å²) >= 11 is 0. The van der Waals surface area contributed by atoms with E-state index in [4.69, 9.17) is 4.74 Å². The lowest BCUT2D eigenvalue weighted by atomic mass is 9.84. The molecule has 2 unspecified atom stereocenters. The Morgan fingerprint density at radius 2 is 1.86 bits per heavy atom. The number of likely N-dealkylation sites (tertiary alicyclic amines) is 1. The number of amides is 1. The van der Waals surface area contributed by atoms with Gasteiger partial charge in [0, 0.05) is 31.4 Å². The van der Waals surface area contributed by atoms with Crippen molar-refractivity contribution < 1.29 is 13.9 Å². The highest BCUT2D eigenvalue weighted by Gasteiger charge is 2.36. The molecule has 0 spiro atoms. The predicted molar refractivity (Wildman–Crippen MR) is 166 cm³/mol. The number of nitrogens with one attached hydrogen (secondary N) is 2. The van der Waals surface area contributed by atoms with E-state index in [2.05, 4.69) is 27.5 Å². The van der Waals surface area contributed by atoms with Crippen LogP contribution in [0.5, 0.6) is 11.5 Å². The number of hydrogen-bond donors (Lipinski definition) is 2. The van der Waals surface area contributed by atoms with Crippen LogP contribution < -0.4 is 20.8 Å². The molecule has 4 saturated heterocycles. The Kier molecular flexibility index (Phi) is 6.42. The third-order valence-corrected chi connectivity index (χ3v) is 10.2. The molecule has 2 atom stereocenters. The lowest BCUT2D eigenvalue weighted by Gasteiger charge is -2.45. The van der Waals surface area contributed by atoms with Gasteiger partial charge in [-0.15, -0.1) is 0 Å². The minimum atomic E-state index is -0.548. The second-order valence-corrected chi connectivity index (χ2v) is 12.7. The lowest BCUT2D eigenvalue weighted by Crippen LogP contribution is -2.53. The highest BCUT2D eigenvalue weighted by atomic mass is 19.1. The van der Waals surface area contributed by atoms with Crippen LogP contribution >= 0.6 is 0 Å². The van der Waals surface area contributed by atoms with E-state index in [-0.39, 0.29) is 22.7 Å². The van der Waals surface area contributed by atoms with Gasteiger partial charge >= 0.3 is 0 Å². The van der Waals surface area contributed by atoms with Crippen LogP contribution in [-0.4, -0.2) is 72.1 Å². The number of hydrogen-bond acceptors (Lipinski definition) is 6. The maximum absolute atomic E-state index is 16.1. The molecule has 2 bridgehead atoms. The monoisotopic (exact) mass is 581 g/mol. The van der Waals surface area contributed by atoms with E-state index >= 15 is 4.39 Å². The van der Waals surface area contributed by atoms with E-state index in [9.17, 15) is 9.59 Å². The zero-order valence-electron chi connectivity index (χ0n) is 24.4. The molecule has 222 valence electrons. The van der Waals surface area contributed by atoms with Crippen molar-refractivity contribution in [2.75, 3.05) is 45.1 Å². The maximum Gasteiger partial charge on any atom is 0.256 e. The fourth-order valence-electron chi connectivity index (χ4n) is 7.70. The number of benzene rings is 3. The number of halogens is 1. The minimum absolute atomic E-state index is 0.00302. The first kappa shape index (κ1) is 26.7. The Morgan fingerprint density at radius 3 is 2.58 bits per heavy atom. The van der Waals surface area contributed by atoms with E-state index in [0.29, 0.717) is 41.2 Å². The minimum Gasteiger partial charge on any atom is -0.451 e. The van der Waals surface area contributed by atoms with Crippen molar-refractivity contribution >= 4 is 33.3 Å². The second kappa shape index (κ2) is 10.3. The molecule has 0 saturated carbocycles. The fourth-order valence-corrected chi connectivity index (χ4v) is 7.70. The molecule has 5 aliphatic rings. The molecule has 9 rings (SSSR count). The van der Waals surface area contributed by atoms with Crippen molar-refractivity contribution in [3.63, 3.8) is 0 Å². The van der Waals surface area contributed by atoms with Crippen molar-refractivity contribution in [3.8, 4) is 17.2 Å². The molecule has 9 heteroatoms. The molecular weight excluding hydrogens is 545 g/mol. The van der Waals surface area contributed by atoms with Crippen LogP contribution in [-0.2, 0) is 0 Å². The zero-order chi connectivity index (χ0) is 29.2. The van der Waals surface area contributed by atoms with Crippen molar-refractivity contribution in [1.29, 1.82) is 0 Å². The summed E-state index contributed by atoms with van der Waals surface area (Å²) in [5, 5.41) is 8.58. The third kappa shape index (κ3) is 4.48. The van der Waals surface area contributed by atoms with E-state index < -0.39 is 17.2 Å². The number of anilines is 1. The average Bonchev–Trinajstić information content (AvgIpc) is 3.43. The number of piperidine rings is 3. The first-order chi connectivity index (χ1) is 20.9. The zero-order valence-corrected chi connectivity index (χ0v) is 24.4. The maximum atomic E-state index is 16.1. The largest absolute Gasteiger partial charge is 0.451 e. The second-order valence-electron chi connectivity index (χ2n) is 12.7. The van der Waals surface area contributed by atoms with Gasteiger partial charge in [0.2, 0.25) is 5.43 Å². The van der Waals surface area contributed by atoms with Crippen molar-refractivity contribution in [2.45, 2.75) is 44.2 Å². The van der Waals surface area contributed by atoms with Gasteiger partial charge in [-0.05, 0) is 93.7 Å². The van der Waals surface area contributed by atoms with Crippen LogP contribution in [0.15, 0.2) is 53.5 Å². The Hall–Kier alpha value is -3.95. The highest BCUT2D eigenvalue weighted by molar-refractivity contribution is 6.02. The molecule has 4 fully saturated rings. The summed E-state index contributed by atoms with van der Waals surface area (Å²) in [6.07, 6.45) is 6.86. The van der Waals surface area contributed by atoms with Gasteiger partial charge in [0.1, 0.15) is 16.8 Å². The SMILES string of the molecule is CN1CCCC1CCNC(=O)c1cn2c3c(c(NC4CN5CCC4CC5)c(F)cc3c1=O)Oc1cc3ccccc3cc1-2. The number of carbonyl (C=O) groups is 1. The van der Waals surface area contributed by atoms with Crippen molar-refractivity contribution in [1.82, 2.24) is 19.7 Å². The predicted octanol–water partition coefficient (Wildman–Crippen LogP) is 5.11. The molecule has 6 heterocycles. The van der Waals surface area contributed by atoms with E-state index in [0.717, 1.165) is 69.1 Å². The average molecular weight is 582 g/mol. The summed E-state index contributed by atoms with van der Waals surface area (Å²) in [4.78, 5) is 32.0. The Bertz CT molecular complexity index is 1830. The number of ether oxygens (including phenoxy) is 1. The van der Waals surface area contributed by atoms with Gasteiger partial charge in [-0.2, -0.15) is 0 Å². The summed E-state index contributed by atoms with van der Waals surface area (Å²) in [6.45, 7) is 4.54. The van der Waals surface area contributed by atoms with E-state index in [1.807, 2.05) is 41.0 Å². The van der Waals surface area contributed by atoms with Crippen LogP contribution in [0.2, 0.25) is 0 Å². The molecule has 2 N–H and O–H groups in total. The van der Waals surface area contributed by atoms with Crippen molar-refractivity contribution in [3.05, 3.63) is 70.3 Å². The first-order valence-electron chi connectivity index (χ1n) is 15.5. The van der Waals surface area contributed by atoms with Crippen LogP contribution in [0.1, 0.15) is 42.5 Å². The number of carbonyl (C=O) groups excluding carboxylic acids is 1. The van der Waals surface area contributed by atoms with Crippen LogP contribution in [0.4, 0.5) is 10.1 Å². The Balaban J connectivity index is 1.24. The molecule has 0 radical (unpaired) electrons. The van der Waals surface area contributed by atoms with Gasteiger partial charge in [-0.25, -0.2) is 4.39 Å². The van der Waals surface area contributed by atoms with E-state index in [1.54, 1.807) is 6.20 Å². The summed E-state index contributed by atoms with van der Waals surface area (Å²) in [5.74, 6) is 0.316. The van der Waals surface area contributed by atoms with Crippen LogP contribution in [0, 0.1) is 11.7 Å². The lowest BCUT2D eigenvalue weighted by molar-refractivity contribution is 0.0949. The number of aromatic nitrogens is 1. The van der Waals surface area contributed by atoms with Gasteiger partial charge in [0.15, 0.2) is 17.3 Å². The van der Waals surface area contributed by atoms with Gasteiger partial charge in [-0.1, -0.05) is 24.3 Å². The molecular formula is C34H36FN5O3. The van der Waals surface area contributed by atoms with Gasteiger partial charge in [0.05, 0.1) is 11.1 Å². The molecule has 3 aromatic carbocycles.